The van der Waals surface area contributed by atoms with Crippen molar-refractivity contribution in [2.24, 2.45) is 0 Å². The van der Waals surface area contributed by atoms with Crippen LogP contribution in [-0.2, 0) is 0 Å². The van der Waals surface area contributed by atoms with Gasteiger partial charge in [0.1, 0.15) is 11.6 Å². The van der Waals surface area contributed by atoms with Crippen molar-refractivity contribution >= 4 is 0 Å². The van der Waals surface area contributed by atoms with E-state index in [0.29, 0.717) is 23.5 Å². The first kappa shape index (κ1) is 8.26. The predicted octanol–water partition coefficient (Wildman–Crippen LogP) is 2.16. The lowest BCUT2D eigenvalue weighted by Gasteiger charge is -2.23. The van der Waals surface area contributed by atoms with Gasteiger partial charge in [0.05, 0.1) is 11.9 Å². The molecular formula is C10H9FO2. The highest BCUT2D eigenvalue weighted by Gasteiger charge is 2.21. The van der Waals surface area contributed by atoms with Crippen LogP contribution in [0.5, 0.6) is 5.75 Å². The number of benzene rings is 1. The van der Waals surface area contributed by atoms with Crippen molar-refractivity contribution in [3.05, 3.63) is 41.9 Å². The van der Waals surface area contributed by atoms with Crippen molar-refractivity contribution in [3.63, 3.8) is 0 Å². The molecular weight excluding hydrogens is 171 g/mol. The summed E-state index contributed by atoms with van der Waals surface area (Å²) in [5, 5.41) is 9.55. The van der Waals surface area contributed by atoms with Crippen LogP contribution >= 0.6 is 0 Å². The molecule has 0 bridgehead atoms. The maximum Gasteiger partial charge on any atom is 0.132 e. The van der Waals surface area contributed by atoms with Gasteiger partial charge in [-0.25, -0.2) is 4.39 Å². The summed E-state index contributed by atoms with van der Waals surface area (Å²) in [4.78, 5) is 0. The first-order chi connectivity index (χ1) is 6.16. The van der Waals surface area contributed by atoms with Crippen LogP contribution in [0.3, 0.4) is 0 Å². The number of rotatable bonds is 0. The van der Waals surface area contributed by atoms with Crippen LogP contribution < -0.4 is 4.74 Å². The van der Waals surface area contributed by atoms with Gasteiger partial charge in [-0.15, -0.1) is 0 Å². The molecule has 0 aliphatic carbocycles. The molecule has 1 aromatic carbocycles. The van der Waals surface area contributed by atoms with Crippen LogP contribution in [0.1, 0.15) is 18.1 Å². The van der Waals surface area contributed by atoms with Crippen LogP contribution in [-0.4, -0.2) is 5.11 Å². The lowest BCUT2D eigenvalue weighted by atomic mass is 10.0. The monoisotopic (exact) mass is 180 g/mol. The summed E-state index contributed by atoms with van der Waals surface area (Å²) in [6.07, 6.45) is -0.372. The Bertz CT molecular complexity index is 360. The Morgan fingerprint density at radius 1 is 1.54 bits per heavy atom. The molecule has 2 nitrogen and oxygen atoms in total. The quantitative estimate of drug-likeness (QED) is 0.662. The van der Waals surface area contributed by atoms with Gasteiger partial charge in [-0.05, 0) is 18.2 Å². The summed E-state index contributed by atoms with van der Waals surface area (Å²) >= 11 is 0. The molecule has 13 heavy (non-hydrogen) atoms. The van der Waals surface area contributed by atoms with E-state index in [-0.39, 0.29) is 5.82 Å². The third-order valence-corrected chi connectivity index (χ3v) is 2.01. The van der Waals surface area contributed by atoms with Gasteiger partial charge in [-0.2, -0.15) is 0 Å². The van der Waals surface area contributed by atoms with Crippen molar-refractivity contribution in [2.75, 3.05) is 0 Å². The molecule has 0 amide bonds. The third-order valence-electron chi connectivity index (χ3n) is 2.01. The molecule has 0 saturated heterocycles. The molecule has 1 aliphatic heterocycles. The summed E-state index contributed by atoms with van der Waals surface area (Å²) in [5.41, 5.74) is 0.493. The van der Waals surface area contributed by atoms with Crippen molar-refractivity contribution in [1.29, 1.82) is 0 Å². The molecule has 1 aromatic rings. The van der Waals surface area contributed by atoms with Gasteiger partial charge in [-0.1, -0.05) is 6.58 Å². The number of ether oxygens (including phenoxy) is 1. The van der Waals surface area contributed by atoms with Gasteiger partial charge in [0.2, 0.25) is 0 Å². The largest absolute Gasteiger partial charge is 0.462 e. The second-order valence-corrected chi connectivity index (χ2v) is 3.04. The Labute approximate surface area is 75.3 Å². The number of hydrogen-bond donors (Lipinski definition) is 1. The zero-order valence-corrected chi connectivity index (χ0v) is 6.96. The first-order valence-corrected chi connectivity index (χ1v) is 4.00. The lowest BCUT2D eigenvalue weighted by Crippen LogP contribution is -2.11. The summed E-state index contributed by atoms with van der Waals surface area (Å²) in [7, 11) is 0. The second-order valence-electron chi connectivity index (χ2n) is 3.04. The summed E-state index contributed by atoms with van der Waals surface area (Å²) in [6, 6.07) is 4.08. The average molecular weight is 180 g/mol. The van der Waals surface area contributed by atoms with E-state index in [9.17, 15) is 9.50 Å². The summed E-state index contributed by atoms with van der Waals surface area (Å²) in [6.45, 7) is 3.61. The molecule has 68 valence electrons. The van der Waals surface area contributed by atoms with Gasteiger partial charge in [0.25, 0.3) is 0 Å². The van der Waals surface area contributed by atoms with Gasteiger partial charge < -0.3 is 9.84 Å². The number of hydrogen-bond acceptors (Lipinski definition) is 2. The molecule has 2 rings (SSSR count). The second kappa shape index (κ2) is 2.85. The molecule has 0 saturated carbocycles. The Kier molecular flexibility index (Phi) is 1.81. The average Bonchev–Trinajstić information content (AvgIpc) is 2.06. The van der Waals surface area contributed by atoms with Gasteiger partial charge in [0, 0.05) is 12.0 Å². The van der Waals surface area contributed by atoms with Crippen LogP contribution in [0.4, 0.5) is 4.39 Å². The molecule has 1 N–H and O–H groups in total. The van der Waals surface area contributed by atoms with E-state index in [0.717, 1.165) is 0 Å². The fourth-order valence-electron chi connectivity index (χ4n) is 1.40. The fraction of sp³-hybridized carbons (Fsp3) is 0.200. The van der Waals surface area contributed by atoms with Crippen LogP contribution in [0.25, 0.3) is 0 Å². The van der Waals surface area contributed by atoms with E-state index in [1.807, 2.05) is 0 Å². The Morgan fingerprint density at radius 2 is 2.31 bits per heavy atom. The minimum atomic E-state index is -0.702. The molecule has 1 heterocycles. The highest BCUT2D eigenvalue weighted by Crippen LogP contribution is 2.35. The number of fused-ring (bicyclic) bond motifs is 1. The van der Waals surface area contributed by atoms with Crippen LogP contribution in [0.15, 0.2) is 30.5 Å². The van der Waals surface area contributed by atoms with Crippen molar-refractivity contribution in [1.82, 2.24) is 0 Å². The Balaban J connectivity index is 2.49. The maximum absolute atomic E-state index is 12.8. The van der Waals surface area contributed by atoms with E-state index in [4.69, 9.17) is 4.74 Å². The molecule has 1 atom stereocenters. The number of aliphatic hydroxyl groups excluding tert-OH is 1. The number of aliphatic hydroxyl groups is 1. The van der Waals surface area contributed by atoms with E-state index in [2.05, 4.69) is 6.58 Å². The molecule has 1 aliphatic rings. The van der Waals surface area contributed by atoms with Crippen molar-refractivity contribution < 1.29 is 14.2 Å². The standard InChI is InChI=1S/C10H9FO2/c1-6-4-9(12)8-5-7(11)2-3-10(8)13-6/h2-3,5,9,12H,1,4H2. The Hall–Kier alpha value is -1.35. The molecule has 3 heteroatoms. The van der Waals surface area contributed by atoms with Gasteiger partial charge >= 0.3 is 0 Å². The highest BCUT2D eigenvalue weighted by atomic mass is 19.1. The highest BCUT2D eigenvalue weighted by molar-refractivity contribution is 5.39. The van der Waals surface area contributed by atoms with E-state index in [1.165, 1.54) is 18.2 Å². The number of halogens is 1. The SMILES string of the molecule is C=C1CC(O)c2cc(F)ccc2O1. The van der Waals surface area contributed by atoms with E-state index < -0.39 is 6.10 Å². The normalized spacial score (nSPS) is 20.8. The Morgan fingerprint density at radius 3 is 3.08 bits per heavy atom. The maximum atomic E-state index is 12.8. The molecule has 0 radical (unpaired) electrons. The molecule has 0 spiro atoms. The van der Waals surface area contributed by atoms with E-state index >= 15 is 0 Å². The molecule has 0 fully saturated rings. The third kappa shape index (κ3) is 1.42. The predicted molar refractivity (Wildman–Crippen MR) is 45.7 cm³/mol. The minimum absolute atomic E-state index is 0.330. The van der Waals surface area contributed by atoms with Crippen molar-refractivity contribution in [3.8, 4) is 5.75 Å². The zero-order chi connectivity index (χ0) is 9.42. The van der Waals surface area contributed by atoms with Crippen LogP contribution in [0, 0.1) is 5.82 Å². The van der Waals surface area contributed by atoms with Crippen molar-refractivity contribution in [2.45, 2.75) is 12.5 Å². The zero-order valence-electron chi connectivity index (χ0n) is 6.96. The summed E-state index contributed by atoms with van der Waals surface area (Å²) in [5.74, 6) is 0.630. The van der Waals surface area contributed by atoms with Gasteiger partial charge in [0.15, 0.2) is 0 Å². The molecule has 0 aromatic heterocycles. The summed E-state index contributed by atoms with van der Waals surface area (Å²) < 4.78 is 18.0. The smallest absolute Gasteiger partial charge is 0.132 e. The molecule has 1 unspecified atom stereocenters. The van der Waals surface area contributed by atoms with E-state index in [1.54, 1.807) is 0 Å². The fourth-order valence-corrected chi connectivity index (χ4v) is 1.40. The first-order valence-electron chi connectivity index (χ1n) is 4.00. The lowest BCUT2D eigenvalue weighted by molar-refractivity contribution is 0.144. The van der Waals surface area contributed by atoms with Crippen LogP contribution in [0.2, 0.25) is 0 Å². The van der Waals surface area contributed by atoms with Gasteiger partial charge in [-0.3, -0.25) is 0 Å². The minimum Gasteiger partial charge on any atom is -0.462 e. The topological polar surface area (TPSA) is 29.5 Å².